The summed E-state index contributed by atoms with van der Waals surface area (Å²) in [5, 5.41) is 0. The smallest absolute Gasteiger partial charge is 0.00698 e. The average Bonchev–Trinajstić information content (AvgIpc) is 2.62. The Morgan fingerprint density at radius 1 is 0.759 bits per heavy atom. The largest absolute Gasteiger partial charge is 0.327 e. The van der Waals surface area contributed by atoms with Crippen LogP contribution in [0.5, 0.6) is 0 Å². The van der Waals surface area contributed by atoms with Crippen LogP contribution < -0.4 is 5.73 Å². The monoisotopic (exact) mass is 407 g/mol. The third-order valence-corrected chi connectivity index (χ3v) is 8.36. The Morgan fingerprint density at radius 3 is 1.76 bits per heavy atom. The van der Waals surface area contributed by atoms with Crippen molar-refractivity contribution in [3.05, 3.63) is 0 Å². The number of hydrogen-bond donors (Lipinski definition) is 1. The molecule has 4 unspecified atom stereocenters. The molecule has 29 heavy (non-hydrogen) atoms. The first-order valence-electron chi connectivity index (χ1n) is 13.2. The lowest BCUT2D eigenvalue weighted by Crippen LogP contribution is -2.47. The van der Waals surface area contributed by atoms with Gasteiger partial charge in [-0.2, -0.15) is 0 Å². The summed E-state index contributed by atoms with van der Waals surface area (Å²) in [5.41, 5.74) is 7.84. The van der Waals surface area contributed by atoms with Gasteiger partial charge in [0, 0.05) is 6.04 Å². The fourth-order valence-electron chi connectivity index (χ4n) is 6.63. The first kappa shape index (κ1) is 27.0. The second kappa shape index (κ2) is 12.1. The zero-order valence-electron chi connectivity index (χ0n) is 21.7. The highest BCUT2D eigenvalue weighted by molar-refractivity contribution is 4.98. The third-order valence-electron chi connectivity index (χ3n) is 8.36. The topological polar surface area (TPSA) is 26.0 Å². The molecule has 1 rings (SSSR count). The van der Waals surface area contributed by atoms with Crippen LogP contribution in [-0.4, -0.2) is 6.04 Å². The van der Waals surface area contributed by atoms with Gasteiger partial charge in [-0.1, -0.05) is 113 Å². The predicted molar refractivity (Wildman–Crippen MR) is 132 cm³/mol. The van der Waals surface area contributed by atoms with E-state index >= 15 is 0 Å². The van der Waals surface area contributed by atoms with Crippen LogP contribution >= 0.6 is 0 Å². The van der Waals surface area contributed by atoms with Crippen molar-refractivity contribution in [3.63, 3.8) is 0 Å². The molecule has 0 aromatic rings. The zero-order valence-corrected chi connectivity index (χ0v) is 21.7. The van der Waals surface area contributed by atoms with Crippen molar-refractivity contribution in [2.45, 2.75) is 151 Å². The molecule has 1 heteroatoms. The summed E-state index contributed by atoms with van der Waals surface area (Å²) in [4.78, 5) is 0. The Labute approximate surface area is 185 Å². The van der Waals surface area contributed by atoms with Crippen LogP contribution in [0.4, 0.5) is 0 Å². The maximum Gasteiger partial charge on any atom is 0.00698 e. The molecule has 0 spiro atoms. The molecule has 1 nitrogen and oxygen atoms in total. The minimum atomic E-state index is 0.350. The Kier molecular flexibility index (Phi) is 11.3. The van der Waals surface area contributed by atoms with Gasteiger partial charge in [-0.3, -0.25) is 0 Å². The molecular formula is C28H57N. The van der Waals surface area contributed by atoms with Gasteiger partial charge in [-0.05, 0) is 60.2 Å². The SMILES string of the molecule is CCCCCCCC(C)(CCCCCC)C1CC(C)(C)CC(N)C(C)CC1(C)C. The molecule has 0 amide bonds. The van der Waals surface area contributed by atoms with Crippen molar-refractivity contribution < 1.29 is 0 Å². The molecule has 0 aliphatic heterocycles. The number of rotatable bonds is 12. The van der Waals surface area contributed by atoms with Crippen molar-refractivity contribution in [1.82, 2.24) is 0 Å². The average molecular weight is 408 g/mol. The predicted octanol–water partition coefficient (Wildman–Crippen LogP) is 9.14. The van der Waals surface area contributed by atoms with E-state index in [1.807, 2.05) is 0 Å². The van der Waals surface area contributed by atoms with Crippen LogP contribution in [0, 0.1) is 28.1 Å². The maximum atomic E-state index is 6.64. The highest BCUT2D eigenvalue weighted by Crippen LogP contribution is 2.56. The molecule has 4 atom stereocenters. The van der Waals surface area contributed by atoms with Crippen LogP contribution in [0.2, 0.25) is 0 Å². The number of nitrogens with two attached hydrogens (primary N) is 1. The van der Waals surface area contributed by atoms with E-state index in [2.05, 4.69) is 55.4 Å². The Morgan fingerprint density at radius 2 is 1.24 bits per heavy atom. The Hall–Kier alpha value is -0.0400. The second-order valence-corrected chi connectivity index (χ2v) is 12.6. The van der Waals surface area contributed by atoms with Crippen LogP contribution in [-0.2, 0) is 0 Å². The summed E-state index contributed by atoms with van der Waals surface area (Å²) in [6.45, 7) is 19.9. The van der Waals surface area contributed by atoms with Crippen LogP contribution in [0.3, 0.4) is 0 Å². The minimum absolute atomic E-state index is 0.350. The van der Waals surface area contributed by atoms with Gasteiger partial charge in [0.05, 0.1) is 0 Å². The van der Waals surface area contributed by atoms with Crippen LogP contribution in [0.25, 0.3) is 0 Å². The number of hydrogen-bond acceptors (Lipinski definition) is 1. The zero-order chi connectivity index (χ0) is 22.1. The molecular weight excluding hydrogens is 350 g/mol. The first-order valence-corrected chi connectivity index (χ1v) is 13.2. The standard InChI is InChI=1S/C28H57N/c1-9-11-13-15-17-19-28(8,18-16-14-12-10-2)25-22-26(4,5)21-24(29)23(3)20-27(25,6)7/h23-25H,9-22,29H2,1-8H3. The van der Waals surface area contributed by atoms with Gasteiger partial charge in [0.2, 0.25) is 0 Å². The van der Waals surface area contributed by atoms with E-state index in [1.54, 1.807) is 0 Å². The van der Waals surface area contributed by atoms with E-state index in [9.17, 15) is 0 Å². The van der Waals surface area contributed by atoms with Gasteiger partial charge in [-0.25, -0.2) is 0 Å². The van der Waals surface area contributed by atoms with Crippen molar-refractivity contribution >= 4 is 0 Å². The molecule has 0 heterocycles. The summed E-state index contributed by atoms with van der Waals surface area (Å²) in [6, 6.07) is 0.357. The molecule has 1 aliphatic rings. The van der Waals surface area contributed by atoms with Crippen LogP contribution in [0.15, 0.2) is 0 Å². The van der Waals surface area contributed by atoms with E-state index in [1.165, 1.54) is 89.9 Å². The fraction of sp³-hybridized carbons (Fsp3) is 1.00. The molecule has 1 fully saturated rings. The maximum absolute atomic E-state index is 6.64. The van der Waals surface area contributed by atoms with Gasteiger partial charge >= 0.3 is 0 Å². The van der Waals surface area contributed by atoms with Gasteiger partial charge < -0.3 is 5.73 Å². The molecule has 0 aromatic carbocycles. The normalized spacial score (nSPS) is 29.1. The van der Waals surface area contributed by atoms with Gasteiger partial charge in [0.25, 0.3) is 0 Å². The minimum Gasteiger partial charge on any atom is -0.327 e. The lowest BCUT2D eigenvalue weighted by Gasteiger charge is -2.53. The quantitative estimate of drug-likeness (QED) is 0.321. The van der Waals surface area contributed by atoms with E-state index in [4.69, 9.17) is 5.73 Å². The van der Waals surface area contributed by atoms with Gasteiger partial charge in [0.15, 0.2) is 0 Å². The lowest BCUT2D eigenvalue weighted by atomic mass is 9.52. The fourth-order valence-corrected chi connectivity index (χ4v) is 6.63. The number of unbranched alkanes of at least 4 members (excludes halogenated alkanes) is 7. The van der Waals surface area contributed by atoms with E-state index < -0.39 is 0 Å². The van der Waals surface area contributed by atoms with E-state index in [0.717, 1.165) is 5.92 Å². The van der Waals surface area contributed by atoms with E-state index in [0.29, 0.717) is 28.2 Å². The molecule has 1 aliphatic carbocycles. The first-order chi connectivity index (χ1) is 13.5. The summed E-state index contributed by atoms with van der Waals surface area (Å²) in [6.07, 6.45) is 19.3. The molecule has 174 valence electrons. The van der Waals surface area contributed by atoms with Crippen molar-refractivity contribution in [3.8, 4) is 0 Å². The second-order valence-electron chi connectivity index (χ2n) is 12.6. The molecule has 0 radical (unpaired) electrons. The van der Waals surface area contributed by atoms with Crippen molar-refractivity contribution in [2.24, 2.45) is 33.8 Å². The van der Waals surface area contributed by atoms with Gasteiger partial charge in [0.1, 0.15) is 0 Å². The van der Waals surface area contributed by atoms with Crippen molar-refractivity contribution in [2.75, 3.05) is 0 Å². The molecule has 2 N–H and O–H groups in total. The summed E-state index contributed by atoms with van der Waals surface area (Å²) in [7, 11) is 0. The Bertz CT molecular complexity index is 438. The highest BCUT2D eigenvalue weighted by Gasteiger charge is 2.47. The molecule has 0 saturated heterocycles. The van der Waals surface area contributed by atoms with E-state index in [-0.39, 0.29) is 0 Å². The molecule has 1 saturated carbocycles. The summed E-state index contributed by atoms with van der Waals surface area (Å²) < 4.78 is 0. The van der Waals surface area contributed by atoms with Gasteiger partial charge in [-0.15, -0.1) is 0 Å². The Balaban J connectivity index is 3.05. The molecule has 0 bridgehead atoms. The molecule has 0 aromatic heterocycles. The lowest BCUT2D eigenvalue weighted by molar-refractivity contribution is -0.0278. The summed E-state index contributed by atoms with van der Waals surface area (Å²) in [5.74, 6) is 1.42. The van der Waals surface area contributed by atoms with Crippen molar-refractivity contribution in [1.29, 1.82) is 0 Å². The third kappa shape index (κ3) is 8.92. The summed E-state index contributed by atoms with van der Waals surface area (Å²) >= 11 is 0. The van der Waals surface area contributed by atoms with Crippen LogP contribution in [0.1, 0.15) is 145 Å². The highest BCUT2D eigenvalue weighted by atomic mass is 14.7.